The molecule has 1 aromatic carbocycles. The predicted octanol–water partition coefficient (Wildman–Crippen LogP) is -0.405. The van der Waals surface area contributed by atoms with Crippen LogP contribution < -0.4 is 10.9 Å². The number of aryl methyl sites for hydroxylation is 1. The molecule has 0 radical (unpaired) electrons. The maximum absolute atomic E-state index is 12.6. The first-order valence-electron chi connectivity index (χ1n) is 8.65. The van der Waals surface area contributed by atoms with E-state index in [0.717, 1.165) is 5.56 Å². The molecule has 2 aromatic rings. The van der Waals surface area contributed by atoms with Crippen molar-refractivity contribution >= 4 is 22.7 Å². The zero-order chi connectivity index (χ0) is 18.7. The molecule has 3 rings (SSSR count). The molecule has 2 heterocycles. The van der Waals surface area contributed by atoms with Crippen LogP contribution in [0.3, 0.4) is 0 Å². The van der Waals surface area contributed by atoms with Gasteiger partial charge in [0.2, 0.25) is 11.8 Å². The van der Waals surface area contributed by atoms with Crippen molar-refractivity contribution in [3.8, 4) is 0 Å². The maximum Gasteiger partial charge on any atom is 0.261 e. The summed E-state index contributed by atoms with van der Waals surface area (Å²) in [6, 6.07) is 5.46. The van der Waals surface area contributed by atoms with Gasteiger partial charge in [-0.1, -0.05) is 12.1 Å². The van der Waals surface area contributed by atoms with Crippen molar-refractivity contribution in [2.45, 2.75) is 13.5 Å². The molecule has 1 fully saturated rings. The lowest BCUT2D eigenvalue weighted by Gasteiger charge is -2.34. The highest BCUT2D eigenvalue weighted by Gasteiger charge is 2.22. The molecule has 8 heteroatoms. The van der Waals surface area contributed by atoms with E-state index in [4.69, 9.17) is 0 Å². The number of hydrogen-bond donors (Lipinski definition) is 1. The average molecular weight is 357 g/mol. The molecule has 0 atom stereocenters. The number of carbonyl (C=O) groups excluding carboxylic acids is 2. The number of nitrogens with zero attached hydrogens (tertiary/aromatic N) is 4. The molecule has 0 spiro atoms. The Labute approximate surface area is 151 Å². The van der Waals surface area contributed by atoms with Gasteiger partial charge in [0.05, 0.1) is 23.8 Å². The molecule has 26 heavy (non-hydrogen) atoms. The van der Waals surface area contributed by atoms with Crippen LogP contribution >= 0.6 is 0 Å². The number of rotatable bonds is 4. The van der Waals surface area contributed by atoms with Gasteiger partial charge in [0.1, 0.15) is 6.54 Å². The molecular weight excluding hydrogens is 334 g/mol. The Morgan fingerprint density at radius 3 is 2.58 bits per heavy atom. The van der Waals surface area contributed by atoms with Gasteiger partial charge in [-0.05, 0) is 18.6 Å². The Kier molecular flexibility index (Phi) is 5.32. The second-order valence-electron chi connectivity index (χ2n) is 6.48. The molecule has 0 unspecified atom stereocenters. The largest absolute Gasteiger partial charge is 0.358 e. The van der Waals surface area contributed by atoms with E-state index >= 15 is 0 Å². The summed E-state index contributed by atoms with van der Waals surface area (Å²) in [6.45, 7) is 4.60. The van der Waals surface area contributed by atoms with Crippen LogP contribution in [-0.4, -0.2) is 70.9 Å². The molecule has 1 aromatic heterocycles. The van der Waals surface area contributed by atoms with Crippen molar-refractivity contribution in [1.82, 2.24) is 24.7 Å². The fourth-order valence-corrected chi connectivity index (χ4v) is 3.13. The van der Waals surface area contributed by atoms with Crippen molar-refractivity contribution in [3.63, 3.8) is 0 Å². The number of amides is 2. The number of benzene rings is 1. The highest BCUT2D eigenvalue weighted by Crippen LogP contribution is 2.11. The van der Waals surface area contributed by atoms with Crippen LogP contribution in [0.25, 0.3) is 10.9 Å². The first kappa shape index (κ1) is 18.1. The molecular formula is C18H23N5O3. The van der Waals surface area contributed by atoms with Crippen LogP contribution in [0, 0.1) is 6.92 Å². The standard InChI is InChI=1S/C18H23N5O3/c1-13-4-3-5-14-17(13)20-12-23(18(14)26)11-16(25)22-8-6-21(7-9-22)10-15(24)19-2/h3-5,12H,6-11H2,1-2H3,(H,19,24). The number of piperazine rings is 1. The van der Waals surface area contributed by atoms with Gasteiger partial charge in [-0.15, -0.1) is 0 Å². The van der Waals surface area contributed by atoms with Gasteiger partial charge in [-0.3, -0.25) is 23.9 Å². The first-order chi connectivity index (χ1) is 12.5. The number of hydrogen-bond acceptors (Lipinski definition) is 5. The average Bonchev–Trinajstić information content (AvgIpc) is 2.65. The van der Waals surface area contributed by atoms with Gasteiger partial charge in [0.25, 0.3) is 5.56 Å². The lowest BCUT2D eigenvalue weighted by molar-refractivity contribution is -0.133. The first-order valence-corrected chi connectivity index (χ1v) is 8.65. The van der Waals surface area contributed by atoms with Gasteiger partial charge in [-0.25, -0.2) is 4.98 Å². The summed E-state index contributed by atoms with van der Waals surface area (Å²) in [5.41, 5.74) is 1.40. The Balaban J connectivity index is 1.66. The summed E-state index contributed by atoms with van der Waals surface area (Å²) < 4.78 is 1.36. The predicted molar refractivity (Wildman–Crippen MR) is 97.8 cm³/mol. The molecule has 1 N–H and O–H groups in total. The van der Waals surface area contributed by atoms with Crippen LogP contribution in [0.1, 0.15) is 5.56 Å². The number of aromatic nitrogens is 2. The third-order valence-corrected chi connectivity index (χ3v) is 4.73. The van der Waals surface area contributed by atoms with E-state index in [2.05, 4.69) is 10.3 Å². The molecule has 8 nitrogen and oxygen atoms in total. The van der Waals surface area contributed by atoms with Crippen molar-refractivity contribution in [1.29, 1.82) is 0 Å². The van der Waals surface area contributed by atoms with Gasteiger partial charge >= 0.3 is 0 Å². The van der Waals surface area contributed by atoms with Crippen molar-refractivity contribution in [2.75, 3.05) is 39.8 Å². The van der Waals surface area contributed by atoms with Crippen molar-refractivity contribution in [3.05, 3.63) is 40.4 Å². The SMILES string of the molecule is CNC(=O)CN1CCN(C(=O)Cn2cnc3c(C)cccc3c2=O)CC1. The van der Waals surface area contributed by atoms with E-state index < -0.39 is 0 Å². The molecule has 2 amide bonds. The number of nitrogens with one attached hydrogen (secondary N) is 1. The van der Waals surface area contributed by atoms with Crippen LogP contribution in [0.4, 0.5) is 0 Å². The van der Waals surface area contributed by atoms with E-state index in [9.17, 15) is 14.4 Å². The topological polar surface area (TPSA) is 87.5 Å². The minimum atomic E-state index is -0.203. The maximum atomic E-state index is 12.6. The summed E-state index contributed by atoms with van der Waals surface area (Å²) in [6.07, 6.45) is 1.44. The Morgan fingerprint density at radius 2 is 1.88 bits per heavy atom. The Hall–Kier alpha value is -2.74. The highest BCUT2D eigenvalue weighted by atomic mass is 16.2. The van der Waals surface area contributed by atoms with Gasteiger partial charge < -0.3 is 10.2 Å². The highest BCUT2D eigenvalue weighted by molar-refractivity contribution is 5.81. The normalized spacial score (nSPS) is 15.2. The summed E-state index contributed by atoms with van der Waals surface area (Å²) in [5, 5.41) is 3.12. The quantitative estimate of drug-likeness (QED) is 0.804. The monoisotopic (exact) mass is 357 g/mol. The number of fused-ring (bicyclic) bond motifs is 1. The molecule has 0 bridgehead atoms. The van der Waals surface area contributed by atoms with Gasteiger partial charge in [-0.2, -0.15) is 0 Å². The number of carbonyl (C=O) groups is 2. The summed E-state index contributed by atoms with van der Waals surface area (Å²) in [5.74, 6) is -0.144. The minimum Gasteiger partial charge on any atom is -0.358 e. The van der Waals surface area contributed by atoms with Crippen molar-refractivity contribution in [2.24, 2.45) is 0 Å². The Morgan fingerprint density at radius 1 is 1.15 bits per heavy atom. The number of para-hydroxylation sites is 1. The van der Waals surface area contributed by atoms with Crippen LogP contribution in [0.15, 0.2) is 29.3 Å². The van der Waals surface area contributed by atoms with E-state index in [1.165, 1.54) is 10.9 Å². The van der Waals surface area contributed by atoms with E-state index in [-0.39, 0.29) is 23.9 Å². The second-order valence-corrected chi connectivity index (χ2v) is 6.48. The molecule has 138 valence electrons. The van der Waals surface area contributed by atoms with Crippen LogP contribution in [0.2, 0.25) is 0 Å². The second kappa shape index (κ2) is 7.65. The van der Waals surface area contributed by atoms with Crippen LogP contribution in [-0.2, 0) is 16.1 Å². The lowest BCUT2D eigenvalue weighted by Crippen LogP contribution is -2.51. The fraction of sp³-hybridized carbons (Fsp3) is 0.444. The number of likely N-dealkylation sites (N-methyl/N-ethyl adjacent to an activating group) is 1. The summed E-state index contributed by atoms with van der Waals surface area (Å²) >= 11 is 0. The van der Waals surface area contributed by atoms with E-state index in [1.54, 1.807) is 18.0 Å². The Bertz CT molecular complexity index is 884. The molecule has 1 saturated heterocycles. The fourth-order valence-electron chi connectivity index (χ4n) is 3.13. The molecule has 0 saturated carbocycles. The molecule has 1 aliphatic heterocycles. The smallest absolute Gasteiger partial charge is 0.261 e. The van der Waals surface area contributed by atoms with Gasteiger partial charge in [0, 0.05) is 33.2 Å². The molecule has 1 aliphatic rings. The minimum absolute atomic E-state index is 0.0227. The van der Waals surface area contributed by atoms with Gasteiger partial charge in [0.15, 0.2) is 0 Å². The summed E-state index contributed by atoms with van der Waals surface area (Å²) in [4.78, 5) is 44.7. The van der Waals surface area contributed by atoms with Crippen molar-refractivity contribution < 1.29 is 9.59 Å². The molecule has 0 aliphatic carbocycles. The summed E-state index contributed by atoms with van der Waals surface area (Å²) in [7, 11) is 1.61. The third-order valence-electron chi connectivity index (χ3n) is 4.73. The van der Waals surface area contributed by atoms with E-state index in [0.29, 0.717) is 43.6 Å². The van der Waals surface area contributed by atoms with E-state index in [1.807, 2.05) is 24.0 Å². The lowest BCUT2D eigenvalue weighted by atomic mass is 10.1. The zero-order valence-corrected chi connectivity index (χ0v) is 15.1. The third kappa shape index (κ3) is 3.75. The van der Waals surface area contributed by atoms with Crippen LogP contribution in [0.5, 0.6) is 0 Å². The zero-order valence-electron chi connectivity index (χ0n) is 15.1.